The minimum Gasteiger partial charge on any atom is -0.379 e. The maximum absolute atomic E-state index is 11.8. The maximum atomic E-state index is 11.8. The van der Waals surface area contributed by atoms with Gasteiger partial charge in [0.1, 0.15) is 0 Å². The van der Waals surface area contributed by atoms with Gasteiger partial charge < -0.3 is 15.8 Å². The van der Waals surface area contributed by atoms with Crippen molar-refractivity contribution in [2.24, 2.45) is 0 Å². The third kappa shape index (κ3) is 1.73. The average molecular weight is 226 g/mol. The van der Waals surface area contributed by atoms with Crippen LogP contribution < -0.4 is 11.1 Å². The first-order valence-corrected chi connectivity index (χ1v) is 5.05. The van der Waals surface area contributed by atoms with Gasteiger partial charge in [0.25, 0.3) is 5.91 Å². The second-order valence-electron chi connectivity index (χ2n) is 4.13. The fraction of sp³-hybridized carbons (Fsp3) is 0.667. The number of carbonyl (C=O) groups excluding carboxylic acids is 1. The standard InChI is InChI=1S/C9H14N4O3/c1-5-9(2,3-4-15-5)11-8(14)6-7(10)13-16-12-6/h5H,3-4H2,1-2H3,(H2,10,13)(H,11,14). The van der Waals surface area contributed by atoms with Gasteiger partial charge in [0.15, 0.2) is 0 Å². The van der Waals surface area contributed by atoms with Gasteiger partial charge in [-0.3, -0.25) is 4.79 Å². The van der Waals surface area contributed by atoms with Gasteiger partial charge in [0, 0.05) is 6.61 Å². The number of aromatic nitrogens is 2. The Balaban J connectivity index is 2.11. The number of nitrogens with one attached hydrogen (secondary N) is 1. The number of hydrogen-bond donors (Lipinski definition) is 2. The summed E-state index contributed by atoms with van der Waals surface area (Å²) in [6, 6.07) is 0. The smallest absolute Gasteiger partial charge is 0.277 e. The molecule has 7 nitrogen and oxygen atoms in total. The minimum absolute atomic E-state index is 0.00679. The van der Waals surface area contributed by atoms with Crippen LogP contribution in [0, 0.1) is 0 Å². The Morgan fingerprint density at radius 1 is 1.62 bits per heavy atom. The quantitative estimate of drug-likeness (QED) is 0.732. The van der Waals surface area contributed by atoms with Gasteiger partial charge in [-0.15, -0.1) is 0 Å². The molecular formula is C9H14N4O3. The van der Waals surface area contributed by atoms with Gasteiger partial charge in [-0.05, 0) is 30.6 Å². The number of ether oxygens (including phenoxy) is 1. The Hall–Kier alpha value is -1.63. The predicted octanol–water partition coefficient (Wildman–Crippen LogP) is -0.0509. The first kappa shape index (κ1) is 10.9. The molecule has 2 heterocycles. The predicted molar refractivity (Wildman–Crippen MR) is 54.6 cm³/mol. The maximum Gasteiger partial charge on any atom is 0.277 e. The molecular weight excluding hydrogens is 212 g/mol. The van der Waals surface area contributed by atoms with Gasteiger partial charge in [0.05, 0.1) is 11.6 Å². The first-order chi connectivity index (χ1) is 7.53. The number of nitrogens with two attached hydrogens (primary N) is 1. The van der Waals surface area contributed by atoms with Crippen molar-refractivity contribution >= 4 is 11.7 Å². The Bertz CT molecular complexity index is 405. The lowest BCUT2D eigenvalue weighted by Crippen LogP contribution is -2.50. The summed E-state index contributed by atoms with van der Waals surface area (Å²) in [4.78, 5) is 11.8. The van der Waals surface area contributed by atoms with Crippen LogP contribution in [-0.2, 0) is 4.74 Å². The van der Waals surface area contributed by atoms with Crippen LogP contribution in [0.3, 0.4) is 0 Å². The van der Waals surface area contributed by atoms with E-state index in [0.717, 1.165) is 6.42 Å². The molecule has 1 aromatic heterocycles. The van der Waals surface area contributed by atoms with Gasteiger partial charge in [0.2, 0.25) is 11.5 Å². The van der Waals surface area contributed by atoms with Crippen LogP contribution in [-0.4, -0.2) is 34.5 Å². The highest BCUT2D eigenvalue weighted by Crippen LogP contribution is 2.25. The Labute approximate surface area is 92.3 Å². The van der Waals surface area contributed by atoms with Crippen LogP contribution in [0.25, 0.3) is 0 Å². The third-order valence-corrected chi connectivity index (χ3v) is 3.01. The van der Waals surface area contributed by atoms with Crippen molar-refractivity contribution in [1.82, 2.24) is 15.6 Å². The van der Waals surface area contributed by atoms with E-state index in [-0.39, 0.29) is 17.6 Å². The summed E-state index contributed by atoms with van der Waals surface area (Å²) in [6.07, 6.45) is 0.711. The summed E-state index contributed by atoms with van der Waals surface area (Å²) in [5.41, 5.74) is 5.05. The largest absolute Gasteiger partial charge is 0.379 e. The lowest BCUT2D eigenvalue weighted by Gasteiger charge is -2.28. The molecule has 2 atom stereocenters. The summed E-state index contributed by atoms with van der Waals surface area (Å²) in [5, 5.41) is 9.65. The van der Waals surface area contributed by atoms with E-state index in [4.69, 9.17) is 10.5 Å². The molecule has 1 amide bonds. The van der Waals surface area contributed by atoms with Crippen LogP contribution in [0.15, 0.2) is 4.63 Å². The molecule has 0 radical (unpaired) electrons. The van der Waals surface area contributed by atoms with E-state index in [0.29, 0.717) is 6.61 Å². The molecule has 1 aliphatic rings. The SMILES string of the molecule is CC1OCCC1(C)NC(=O)c1nonc1N. The fourth-order valence-corrected chi connectivity index (χ4v) is 1.67. The monoisotopic (exact) mass is 226 g/mol. The molecule has 88 valence electrons. The molecule has 2 unspecified atom stereocenters. The highest BCUT2D eigenvalue weighted by atomic mass is 16.6. The molecule has 3 N–H and O–H groups in total. The molecule has 16 heavy (non-hydrogen) atoms. The minimum atomic E-state index is -0.400. The second-order valence-corrected chi connectivity index (χ2v) is 4.13. The molecule has 1 aromatic rings. The third-order valence-electron chi connectivity index (χ3n) is 3.01. The van der Waals surface area contributed by atoms with Crippen molar-refractivity contribution < 1.29 is 14.2 Å². The molecule has 0 aliphatic carbocycles. The zero-order valence-electron chi connectivity index (χ0n) is 9.19. The first-order valence-electron chi connectivity index (χ1n) is 5.05. The lowest BCUT2D eigenvalue weighted by atomic mass is 9.94. The highest BCUT2D eigenvalue weighted by Gasteiger charge is 2.39. The lowest BCUT2D eigenvalue weighted by molar-refractivity contribution is 0.0721. The van der Waals surface area contributed by atoms with Crippen molar-refractivity contribution in [3.63, 3.8) is 0 Å². The zero-order chi connectivity index (χ0) is 11.8. The molecule has 0 aromatic carbocycles. The topological polar surface area (TPSA) is 103 Å². The zero-order valence-corrected chi connectivity index (χ0v) is 9.19. The Morgan fingerprint density at radius 2 is 2.38 bits per heavy atom. The van der Waals surface area contributed by atoms with E-state index in [1.165, 1.54) is 0 Å². The summed E-state index contributed by atoms with van der Waals surface area (Å²) in [6.45, 7) is 4.47. The van der Waals surface area contributed by atoms with Crippen LogP contribution in [0.4, 0.5) is 5.82 Å². The van der Waals surface area contributed by atoms with E-state index in [9.17, 15) is 4.79 Å². The van der Waals surface area contributed by atoms with Gasteiger partial charge in [-0.25, -0.2) is 4.63 Å². The van der Waals surface area contributed by atoms with Gasteiger partial charge >= 0.3 is 0 Å². The second kappa shape index (κ2) is 3.75. The van der Waals surface area contributed by atoms with Crippen LogP contribution >= 0.6 is 0 Å². The van der Waals surface area contributed by atoms with Crippen molar-refractivity contribution in [3.8, 4) is 0 Å². The van der Waals surface area contributed by atoms with Crippen molar-refractivity contribution in [2.75, 3.05) is 12.3 Å². The van der Waals surface area contributed by atoms with E-state index in [1.807, 2.05) is 13.8 Å². The van der Waals surface area contributed by atoms with Crippen LogP contribution in [0.1, 0.15) is 30.8 Å². The van der Waals surface area contributed by atoms with Crippen molar-refractivity contribution in [1.29, 1.82) is 0 Å². The Morgan fingerprint density at radius 3 is 2.88 bits per heavy atom. The molecule has 0 saturated carbocycles. The molecule has 1 aliphatic heterocycles. The van der Waals surface area contributed by atoms with Crippen molar-refractivity contribution in [3.05, 3.63) is 5.69 Å². The van der Waals surface area contributed by atoms with E-state index >= 15 is 0 Å². The summed E-state index contributed by atoms with van der Waals surface area (Å²) < 4.78 is 9.79. The molecule has 1 saturated heterocycles. The molecule has 0 spiro atoms. The average Bonchev–Trinajstić information content (AvgIpc) is 2.75. The van der Waals surface area contributed by atoms with Crippen LogP contribution in [0.5, 0.6) is 0 Å². The van der Waals surface area contributed by atoms with E-state index in [1.54, 1.807) is 0 Å². The molecule has 0 bridgehead atoms. The number of rotatable bonds is 2. The number of anilines is 1. The molecule has 2 rings (SSSR count). The number of nitrogens with zero attached hydrogens (tertiary/aromatic N) is 2. The number of hydrogen-bond acceptors (Lipinski definition) is 6. The number of amides is 1. The van der Waals surface area contributed by atoms with Crippen LogP contribution in [0.2, 0.25) is 0 Å². The number of nitrogen functional groups attached to an aromatic ring is 1. The van der Waals surface area contributed by atoms with E-state index < -0.39 is 11.4 Å². The summed E-state index contributed by atoms with van der Waals surface area (Å²) in [7, 11) is 0. The molecule has 1 fully saturated rings. The van der Waals surface area contributed by atoms with Gasteiger partial charge in [-0.2, -0.15) is 0 Å². The van der Waals surface area contributed by atoms with Gasteiger partial charge in [-0.1, -0.05) is 0 Å². The highest BCUT2D eigenvalue weighted by molar-refractivity contribution is 5.96. The summed E-state index contributed by atoms with van der Waals surface area (Å²) >= 11 is 0. The van der Waals surface area contributed by atoms with E-state index in [2.05, 4.69) is 20.3 Å². The van der Waals surface area contributed by atoms with Crippen molar-refractivity contribution in [2.45, 2.75) is 31.9 Å². The normalized spacial score (nSPS) is 29.2. The Kier molecular flexibility index (Phi) is 2.55. The summed E-state index contributed by atoms with van der Waals surface area (Å²) in [5.74, 6) is -0.397. The fourth-order valence-electron chi connectivity index (χ4n) is 1.67. The number of carbonyl (C=O) groups is 1. The molecule has 7 heteroatoms.